The number of aromatic nitrogens is 1. The molecule has 2 heterocycles. The summed E-state index contributed by atoms with van der Waals surface area (Å²) in [5, 5.41) is 0.591. The van der Waals surface area contributed by atoms with Crippen molar-refractivity contribution in [1.29, 1.82) is 0 Å². The van der Waals surface area contributed by atoms with Gasteiger partial charge in [0.15, 0.2) is 0 Å². The Hall–Kier alpha value is -0.320. The molecule has 1 atom stereocenters. The SMILES string of the molecule is Clc1cnc(OCC2CCCCO2)c(Br)c1. The van der Waals surface area contributed by atoms with E-state index in [9.17, 15) is 0 Å². The van der Waals surface area contributed by atoms with Gasteiger partial charge < -0.3 is 9.47 Å². The standard InChI is InChI=1S/C11H13BrClNO2/c12-10-5-8(13)6-14-11(10)16-7-9-3-1-2-4-15-9/h5-6,9H,1-4,7H2. The van der Waals surface area contributed by atoms with Crippen molar-refractivity contribution in [2.45, 2.75) is 25.4 Å². The van der Waals surface area contributed by atoms with Crippen LogP contribution in [0, 0.1) is 0 Å². The Morgan fingerprint density at radius 3 is 3.12 bits per heavy atom. The minimum absolute atomic E-state index is 0.193. The lowest BCUT2D eigenvalue weighted by Gasteiger charge is -2.22. The summed E-state index contributed by atoms with van der Waals surface area (Å²) in [6, 6.07) is 1.77. The van der Waals surface area contributed by atoms with E-state index in [4.69, 9.17) is 21.1 Å². The molecule has 1 aromatic rings. The van der Waals surface area contributed by atoms with Gasteiger partial charge in [0.05, 0.1) is 15.6 Å². The molecule has 0 spiro atoms. The lowest BCUT2D eigenvalue weighted by Crippen LogP contribution is -2.26. The normalized spacial score (nSPS) is 20.8. The van der Waals surface area contributed by atoms with Gasteiger partial charge in [0.1, 0.15) is 6.61 Å². The molecule has 0 saturated carbocycles. The molecule has 1 saturated heterocycles. The van der Waals surface area contributed by atoms with Gasteiger partial charge in [-0.1, -0.05) is 11.6 Å². The summed E-state index contributed by atoms with van der Waals surface area (Å²) in [7, 11) is 0. The second-order valence-corrected chi connectivity index (χ2v) is 5.03. The summed E-state index contributed by atoms with van der Waals surface area (Å²) < 4.78 is 11.9. The lowest BCUT2D eigenvalue weighted by molar-refractivity contribution is -0.0121. The quantitative estimate of drug-likeness (QED) is 0.857. The van der Waals surface area contributed by atoms with Gasteiger partial charge in [0.25, 0.3) is 0 Å². The minimum atomic E-state index is 0.193. The van der Waals surface area contributed by atoms with E-state index in [-0.39, 0.29) is 6.10 Å². The zero-order chi connectivity index (χ0) is 11.4. The monoisotopic (exact) mass is 305 g/mol. The Balaban J connectivity index is 1.88. The molecular weight excluding hydrogens is 293 g/mol. The van der Waals surface area contributed by atoms with Crippen LogP contribution in [0.4, 0.5) is 0 Å². The van der Waals surface area contributed by atoms with Gasteiger partial charge in [0, 0.05) is 12.8 Å². The molecule has 0 aliphatic carbocycles. The Bertz CT molecular complexity index is 356. The van der Waals surface area contributed by atoms with Crippen LogP contribution in [0.2, 0.25) is 5.02 Å². The van der Waals surface area contributed by atoms with Crippen molar-refractivity contribution >= 4 is 27.5 Å². The maximum absolute atomic E-state index is 5.79. The molecule has 1 unspecified atom stereocenters. The number of halogens is 2. The lowest BCUT2D eigenvalue weighted by atomic mass is 10.1. The first-order valence-electron chi connectivity index (χ1n) is 5.31. The fourth-order valence-electron chi connectivity index (χ4n) is 1.62. The third-order valence-electron chi connectivity index (χ3n) is 2.45. The zero-order valence-electron chi connectivity index (χ0n) is 8.79. The van der Waals surface area contributed by atoms with Gasteiger partial charge >= 0.3 is 0 Å². The van der Waals surface area contributed by atoms with Crippen molar-refractivity contribution in [2.75, 3.05) is 13.2 Å². The predicted octanol–water partition coefficient (Wildman–Crippen LogP) is 3.45. The Labute approximate surface area is 108 Å². The van der Waals surface area contributed by atoms with E-state index in [1.165, 1.54) is 6.42 Å². The number of nitrogens with zero attached hydrogens (tertiary/aromatic N) is 1. The van der Waals surface area contributed by atoms with E-state index < -0.39 is 0 Å². The summed E-state index contributed by atoms with van der Waals surface area (Å²) in [5.74, 6) is 0.568. The van der Waals surface area contributed by atoms with Gasteiger partial charge in [-0.25, -0.2) is 4.98 Å². The predicted molar refractivity (Wildman–Crippen MR) is 66.0 cm³/mol. The van der Waals surface area contributed by atoms with E-state index in [1.54, 1.807) is 12.3 Å². The number of pyridine rings is 1. The zero-order valence-corrected chi connectivity index (χ0v) is 11.1. The van der Waals surface area contributed by atoms with Crippen LogP contribution < -0.4 is 4.74 Å². The van der Waals surface area contributed by atoms with Gasteiger partial charge in [-0.15, -0.1) is 0 Å². The van der Waals surface area contributed by atoms with Crippen molar-refractivity contribution < 1.29 is 9.47 Å². The molecule has 0 N–H and O–H groups in total. The Kier molecular flexibility index (Phi) is 4.44. The minimum Gasteiger partial charge on any atom is -0.474 e. The van der Waals surface area contributed by atoms with E-state index in [0.717, 1.165) is 23.9 Å². The van der Waals surface area contributed by atoms with Crippen LogP contribution in [0.1, 0.15) is 19.3 Å². The molecule has 1 aromatic heterocycles. The molecule has 3 nitrogen and oxygen atoms in total. The van der Waals surface area contributed by atoms with Gasteiger partial charge in [-0.3, -0.25) is 0 Å². The van der Waals surface area contributed by atoms with Gasteiger partial charge in [-0.05, 0) is 41.3 Å². The molecular formula is C11H13BrClNO2. The van der Waals surface area contributed by atoms with Gasteiger partial charge in [-0.2, -0.15) is 0 Å². The summed E-state index contributed by atoms with van der Waals surface area (Å²) in [6.45, 7) is 1.39. The summed E-state index contributed by atoms with van der Waals surface area (Å²) in [6.07, 6.45) is 5.19. The molecule has 88 valence electrons. The molecule has 2 rings (SSSR count). The van der Waals surface area contributed by atoms with Gasteiger partial charge in [0.2, 0.25) is 5.88 Å². The largest absolute Gasteiger partial charge is 0.474 e. The first-order valence-corrected chi connectivity index (χ1v) is 6.48. The second-order valence-electron chi connectivity index (χ2n) is 3.74. The summed E-state index contributed by atoms with van der Waals surface area (Å²) in [5.41, 5.74) is 0. The smallest absolute Gasteiger partial charge is 0.228 e. The average molecular weight is 307 g/mol. The fraction of sp³-hybridized carbons (Fsp3) is 0.545. The molecule has 0 amide bonds. The average Bonchev–Trinajstić information content (AvgIpc) is 2.29. The van der Waals surface area contributed by atoms with Crippen molar-refractivity contribution in [3.63, 3.8) is 0 Å². The Morgan fingerprint density at radius 1 is 1.56 bits per heavy atom. The van der Waals surface area contributed by atoms with Crippen molar-refractivity contribution in [3.8, 4) is 5.88 Å². The summed E-state index contributed by atoms with van der Waals surface area (Å²) >= 11 is 9.15. The molecule has 5 heteroatoms. The number of hydrogen-bond acceptors (Lipinski definition) is 3. The third kappa shape index (κ3) is 3.34. The molecule has 0 radical (unpaired) electrons. The van der Waals surface area contributed by atoms with E-state index in [2.05, 4.69) is 20.9 Å². The van der Waals surface area contributed by atoms with Crippen LogP contribution >= 0.6 is 27.5 Å². The van der Waals surface area contributed by atoms with Crippen molar-refractivity contribution in [3.05, 3.63) is 21.8 Å². The molecule has 1 aliphatic rings. The highest BCUT2D eigenvalue weighted by molar-refractivity contribution is 9.10. The van der Waals surface area contributed by atoms with Crippen molar-refractivity contribution in [2.24, 2.45) is 0 Å². The number of rotatable bonds is 3. The van der Waals surface area contributed by atoms with Crippen LogP contribution in [0.5, 0.6) is 5.88 Å². The highest BCUT2D eigenvalue weighted by Crippen LogP contribution is 2.25. The maximum Gasteiger partial charge on any atom is 0.228 e. The highest BCUT2D eigenvalue weighted by atomic mass is 79.9. The topological polar surface area (TPSA) is 31.4 Å². The molecule has 1 fully saturated rings. The fourth-order valence-corrected chi connectivity index (χ4v) is 2.37. The van der Waals surface area contributed by atoms with E-state index >= 15 is 0 Å². The highest BCUT2D eigenvalue weighted by Gasteiger charge is 2.15. The number of ether oxygens (including phenoxy) is 2. The van der Waals surface area contributed by atoms with Crippen LogP contribution in [0.3, 0.4) is 0 Å². The second kappa shape index (κ2) is 5.84. The first kappa shape index (κ1) is 12.1. The number of hydrogen-bond donors (Lipinski definition) is 0. The van der Waals surface area contributed by atoms with E-state index in [0.29, 0.717) is 17.5 Å². The molecule has 0 aromatic carbocycles. The van der Waals surface area contributed by atoms with E-state index in [1.807, 2.05) is 0 Å². The Morgan fingerprint density at radius 2 is 2.44 bits per heavy atom. The van der Waals surface area contributed by atoms with Crippen LogP contribution in [0.25, 0.3) is 0 Å². The summed E-state index contributed by atoms with van der Waals surface area (Å²) in [4.78, 5) is 4.11. The van der Waals surface area contributed by atoms with Crippen LogP contribution in [0.15, 0.2) is 16.7 Å². The molecule has 1 aliphatic heterocycles. The first-order chi connectivity index (χ1) is 7.75. The molecule has 16 heavy (non-hydrogen) atoms. The van der Waals surface area contributed by atoms with Crippen LogP contribution in [-0.4, -0.2) is 24.3 Å². The third-order valence-corrected chi connectivity index (χ3v) is 3.23. The molecule has 0 bridgehead atoms. The van der Waals surface area contributed by atoms with Crippen LogP contribution in [-0.2, 0) is 4.74 Å². The van der Waals surface area contributed by atoms with Crippen molar-refractivity contribution in [1.82, 2.24) is 4.98 Å². The maximum atomic E-state index is 5.79.